The Kier molecular flexibility index (Phi) is 3.55. The summed E-state index contributed by atoms with van der Waals surface area (Å²) in [5, 5.41) is 10.6. The van der Waals surface area contributed by atoms with Gasteiger partial charge in [0.05, 0.1) is 0 Å². The van der Waals surface area contributed by atoms with E-state index in [-0.39, 0.29) is 0 Å². The standard InChI is InChI=1S/C10H19N5/c1-2-3-4-9-12-10(14-13-9)15-7-5-11-6-8-15/h11H,2-8H2,1H3,(H,12,13,14). The van der Waals surface area contributed by atoms with Crippen molar-refractivity contribution < 1.29 is 0 Å². The number of aryl methyl sites for hydroxylation is 1. The highest BCUT2D eigenvalue weighted by Crippen LogP contribution is 2.08. The number of hydrogen-bond donors (Lipinski definition) is 2. The molecule has 5 nitrogen and oxygen atoms in total. The van der Waals surface area contributed by atoms with Crippen molar-refractivity contribution in [2.24, 2.45) is 0 Å². The first-order valence-corrected chi connectivity index (χ1v) is 5.77. The van der Waals surface area contributed by atoms with Gasteiger partial charge < -0.3 is 10.2 Å². The maximum atomic E-state index is 4.50. The number of aromatic nitrogens is 3. The molecule has 0 atom stereocenters. The van der Waals surface area contributed by atoms with Gasteiger partial charge in [-0.05, 0) is 6.42 Å². The van der Waals surface area contributed by atoms with Crippen LogP contribution in [-0.4, -0.2) is 41.4 Å². The second kappa shape index (κ2) is 5.11. The Hall–Kier alpha value is -1.10. The topological polar surface area (TPSA) is 56.8 Å². The SMILES string of the molecule is CCCCc1nc(N2CCNCC2)n[nH]1. The molecule has 0 unspecified atom stereocenters. The summed E-state index contributed by atoms with van der Waals surface area (Å²) in [6.45, 7) is 6.25. The Morgan fingerprint density at radius 1 is 1.33 bits per heavy atom. The van der Waals surface area contributed by atoms with Crippen molar-refractivity contribution in [3.05, 3.63) is 5.82 Å². The third-order valence-corrected chi connectivity index (χ3v) is 2.69. The first kappa shape index (κ1) is 10.4. The number of anilines is 1. The van der Waals surface area contributed by atoms with E-state index >= 15 is 0 Å². The van der Waals surface area contributed by atoms with Gasteiger partial charge in [0.15, 0.2) is 0 Å². The molecular formula is C10H19N5. The van der Waals surface area contributed by atoms with Crippen molar-refractivity contribution in [3.63, 3.8) is 0 Å². The van der Waals surface area contributed by atoms with Crippen molar-refractivity contribution in [2.75, 3.05) is 31.1 Å². The van der Waals surface area contributed by atoms with E-state index in [1.54, 1.807) is 0 Å². The summed E-state index contributed by atoms with van der Waals surface area (Å²) in [4.78, 5) is 6.73. The maximum absolute atomic E-state index is 4.50. The summed E-state index contributed by atoms with van der Waals surface area (Å²) in [7, 11) is 0. The summed E-state index contributed by atoms with van der Waals surface area (Å²) in [6.07, 6.45) is 3.38. The fourth-order valence-electron chi connectivity index (χ4n) is 1.75. The lowest BCUT2D eigenvalue weighted by atomic mass is 10.2. The van der Waals surface area contributed by atoms with E-state index < -0.39 is 0 Å². The number of aromatic amines is 1. The minimum absolute atomic E-state index is 0.864. The highest BCUT2D eigenvalue weighted by molar-refractivity contribution is 5.29. The zero-order valence-corrected chi connectivity index (χ0v) is 9.29. The van der Waals surface area contributed by atoms with Gasteiger partial charge in [-0.3, -0.25) is 5.10 Å². The van der Waals surface area contributed by atoms with Gasteiger partial charge in [-0.1, -0.05) is 13.3 Å². The van der Waals surface area contributed by atoms with Crippen LogP contribution in [0.1, 0.15) is 25.6 Å². The Bertz CT molecular complexity index is 290. The number of H-pyrrole nitrogens is 1. The van der Waals surface area contributed by atoms with Gasteiger partial charge in [-0.15, -0.1) is 5.10 Å². The van der Waals surface area contributed by atoms with E-state index in [2.05, 4.69) is 32.3 Å². The Balaban J connectivity index is 1.93. The molecular weight excluding hydrogens is 190 g/mol. The summed E-state index contributed by atoms with van der Waals surface area (Å²) in [5.74, 6) is 1.88. The quantitative estimate of drug-likeness (QED) is 0.760. The van der Waals surface area contributed by atoms with E-state index in [9.17, 15) is 0 Å². The number of nitrogens with one attached hydrogen (secondary N) is 2. The fraction of sp³-hybridized carbons (Fsp3) is 0.800. The minimum atomic E-state index is 0.864. The van der Waals surface area contributed by atoms with Crippen molar-refractivity contribution in [1.29, 1.82) is 0 Å². The molecule has 0 aromatic carbocycles. The van der Waals surface area contributed by atoms with Crippen molar-refractivity contribution >= 4 is 5.95 Å². The maximum Gasteiger partial charge on any atom is 0.244 e. The van der Waals surface area contributed by atoms with Crippen LogP contribution in [0.3, 0.4) is 0 Å². The number of piperazine rings is 1. The molecule has 1 aliphatic rings. The summed E-state index contributed by atoms with van der Waals surface area (Å²) < 4.78 is 0. The molecule has 2 N–H and O–H groups in total. The fourth-order valence-corrected chi connectivity index (χ4v) is 1.75. The summed E-state index contributed by atoms with van der Waals surface area (Å²) in [6, 6.07) is 0. The molecule has 2 heterocycles. The third kappa shape index (κ3) is 2.68. The van der Waals surface area contributed by atoms with Crippen LogP contribution in [0.2, 0.25) is 0 Å². The second-order valence-corrected chi connectivity index (χ2v) is 3.92. The molecule has 0 radical (unpaired) electrons. The van der Waals surface area contributed by atoms with Gasteiger partial charge in [0.2, 0.25) is 5.95 Å². The van der Waals surface area contributed by atoms with Gasteiger partial charge in [-0.2, -0.15) is 4.98 Å². The number of hydrogen-bond acceptors (Lipinski definition) is 4. The zero-order valence-electron chi connectivity index (χ0n) is 9.29. The van der Waals surface area contributed by atoms with E-state index in [0.717, 1.165) is 44.4 Å². The van der Waals surface area contributed by atoms with E-state index in [1.165, 1.54) is 12.8 Å². The smallest absolute Gasteiger partial charge is 0.244 e. The lowest BCUT2D eigenvalue weighted by Crippen LogP contribution is -2.44. The van der Waals surface area contributed by atoms with Crippen molar-refractivity contribution in [2.45, 2.75) is 26.2 Å². The van der Waals surface area contributed by atoms with Gasteiger partial charge in [0.25, 0.3) is 0 Å². The van der Waals surface area contributed by atoms with Crippen LogP contribution < -0.4 is 10.2 Å². The first-order valence-electron chi connectivity index (χ1n) is 5.77. The van der Waals surface area contributed by atoms with E-state index in [1.807, 2.05) is 0 Å². The van der Waals surface area contributed by atoms with Crippen LogP contribution in [0, 0.1) is 0 Å². The molecule has 1 aromatic heterocycles. The Morgan fingerprint density at radius 2 is 2.13 bits per heavy atom. The lowest BCUT2D eigenvalue weighted by molar-refractivity contribution is 0.580. The first-order chi connectivity index (χ1) is 7.40. The molecule has 15 heavy (non-hydrogen) atoms. The molecule has 84 valence electrons. The normalized spacial score (nSPS) is 17.0. The highest BCUT2D eigenvalue weighted by Gasteiger charge is 2.14. The highest BCUT2D eigenvalue weighted by atomic mass is 15.4. The van der Waals surface area contributed by atoms with E-state index in [4.69, 9.17) is 0 Å². The predicted octanol–water partition coefficient (Wildman–Crippen LogP) is 0.557. The number of rotatable bonds is 4. The molecule has 1 saturated heterocycles. The van der Waals surface area contributed by atoms with Crippen LogP contribution in [0.15, 0.2) is 0 Å². The van der Waals surface area contributed by atoms with Gasteiger partial charge >= 0.3 is 0 Å². The number of unbranched alkanes of at least 4 members (excludes halogenated alkanes) is 1. The third-order valence-electron chi connectivity index (χ3n) is 2.69. The summed E-state index contributed by atoms with van der Waals surface area (Å²) in [5.41, 5.74) is 0. The van der Waals surface area contributed by atoms with E-state index in [0.29, 0.717) is 0 Å². The Labute approximate surface area is 90.3 Å². The van der Waals surface area contributed by atoms with Crippen LogP contribution in [-0.2, 0) is 6.42 Å². The second-order valence-electron chi connectivity index (χ2n) is 3.92. The molecule has 1 aromatic rings. The minimum Gasteiger partial charge on any atom is -0.337 e. The van der Waals surface area contributed by atoms with Gasteiger partial charge in [-0.25, -0.2) is 0 Å². The van der Waals surface area contributed by atoms with Crippen molar-refractivity contribution in [1.82, 2.24) is 20.5 Å². The molecule has 0 aliphatic carbocycles. The van der Waals surface area contributed by atoms with Crippen LogP contribution in [0.5, 0.6) is 0 Å². The number of nitrogens with zero attached hydrogens (tertiary/aromatic N) is 3. The molecule has 5 heteroatoms. The summed E-state index contributed by atoms with van der Waals surface area (Å²) >= 11 is 0. The average molecular weight is 209 g/mol. The van der Waals surface area contributed by atoms with Crippen LogP contribution in [0.4, 0.5) is 5.95 Å². The van der Waals surface area contributed by atoms with Crippen LogP contribution in [0.25, 0.3) is 0 Å². The van der Waals surface area contributed by atoms with Gasteiger partial charge in [0.1, 0.15) is 5.82 Å². The molecule has 1 fully saturated rings. The molecule has 0 bridgehead atoms. The molecule has 0 amide bonds. The molecule has 0 saturated carbocycles. The molecule has 0 spiro atoms. The predicted molar refractivity (Wildman–Crippen MR) is 60.1 cm³/mol. The van der Waals surface area contributed by atoms with Crippen molar-refractivity contribution in [3.8, 4) is 0 Å². The largest absolute Gasteiger partial charge is 0.337 e. The van der Waals surface area contributed by atoms with Crippen LogP contribution >= 0.6 is 0 Å². The average Bonchev–Trinajstić information content (AvgIpc) is 2.76. The monoisotopic (exact) mass is 209 g/mol. The molecule has 2 rings (SSSR count). The molecule has 1 aliphatic heterocycles. The zero-order chi connectivity index (χ0) is 10.5. The lowest BCUT2D eigenvalue weighted by Gasteiger charge is -2.25. The Morgan fingerprint density at radius 3 is 2.87 bits per heavy atom. The van der Waals surface area contributed by atoms with Gasteiger partial charge in [0, 0.05) is 32.6 Å².